The second-order valence-corrected chi connectivity index (χ2v) is 6.91. The van der Waals surface area contributed by atoms with Gasteiger partial charge in [0.2, 0.25) is 0 Å². The van der Waals surface area contributed by atoms with Crippen LogP contribution in [0.3, 0.4) is 0 Å². The molecule has 0 bridgehead atoms. The highest BCUT2D eigenvalue weighted by molar-refractivity contribution is 5.86. The summed E-state index contributed by atoms with van der Waals surface area (Å²) in [5, 5.41) is 6.06. The molecular weight excluding hydrogens is 342 g/mol. The second kappa shape index (κ2) is 9.84. The van der Waals surface area contributed by atoms with Gasteiger partial charge < -0.3 is 0 Å². The van der Waals surface area contributed by atoms with Crippen LogP contribution in [-0.2, 0) is 0 Å². The first-order valence-corrected chi connectivity index (χ1v) is 9.77. The van der Waals surface area contributed by atoms with Crippen molar-refractivity contribution < 1.29 is 0 Å². The average Bonchev–Trinajstić information content (AvgIpc) is 2.66. The normalized spacial score (nSPS) is 14.9. The van der Waals surface area contributed by atoms with E-state index in [0.717, 1.165) is 40.1 Å². The lowest BCUT2D eigenvalue weighted by Crippen LogP contribution is -2.11. The van der Waals surface area contributed by atoms with Crippen molar-refractivity contribution in [2.24, 2.45) is 5.10 Å². The van der Waals surface area contributed by atoms with E-state index in [-0.39, 0.29) is 0 Å². The van der Waals surface area contributed by atoms with Gasteiger partial charge in [-0.3, -0.25) is 4.98 Å². The minimum atomic E-state index is 0.840. The average molecular weight is 374 g/mol. The third-order valence-electron chi connectivity index (χ3n) is 4.60. The molecule has 1 aromatic heterocycles. The molecule has 0 aromatic carbocycles. The molecule has 1 aliphatic heterocycles. The Morgan fingerprint density at radius 2 is 2.04 bits per heavy atom. The van der Waals surface area contributed by atoms with Crippen LogP contribution in [0.5, 0.6) is 0 Å². The van der Waals surface area contributed by atoms with Crippen molar-refractivity contribution in [2.45, 2.75) is 48.0 Å². The van der Waals surface area contributed by atoms with E-state index in [1.165, 1.54) is 11.1 Å². The van der Waals surface area contributed by atoms with Gasteiger partial charge in [-0.15, -0.1) is 0 Å². The van der Waals surface area contributed by atoms with E-state index in [0.29, 0.717) is 0 Å². The summed E-state index contributed by atoms with van der Waals surface area (Å²) in [4.78, 5) is 4.70. The Kier molecular flexibility index (Phi) is 7.51. The molecule has 146 valence electrons. The van der Waals surface area contributed by atoms with E-state index in [1.54, 1.807) is 11.2 Å². The lowest BCUT2D eigenvalue weighted by Gasteiger charge is -2.21. The predicted octanol–water partition coefficient (Wildman–Crippen LogP) is 6.83. The second-order valence-electron chi connectivity index (χ2n) is 6.91. The fraction of sp³-hybridized carbons (Fsp3) is 0.280. The zero-order chi connectivity index (χ0) is 20.7. The topological polar surface area (TPSA) is 28.5 Å². The van der Waals surface area contributed by atoms with Gasteiger partial charge in [-0.2, -0.15) is 5.10 Å². The number of aryl methyl sites for hydroxylation is 1. The van der Waals surface area contributed by atoms with Crippen LogP contribution in [0.2, 0.25) is 0 Å². The summed E-state index contributed by atoms with van der Waals surface area (Å²) in [5.74, 6) is 0. The number of allylic oxidation sites excluding steroid dienone is 9. The largest absolute Gasteiger partial charge is 0.260 e. The minimum absolute atomic E-state index is 0.840. The van der Waals surface area contributed by atoms with Crippen LogP contribution in [0.15, 0.2) is 77.4 Å². The third kappa shape index (κ3) is 4.86. The molecule has 0 radical (unpaired) electrons. The summed E-state index contributed by atoms with van der Waals surface area (Å²) < 4.78 is 0. The molecule has 0 fully saturated rings. The molecule has 1 aliphatic rings. The number of rotatable bonds is 6. The maximum absolute atomic E-state index is 4.70. The van der Waals surface area contributed by atoms with Crippen molar-refractivity contribution in [3.63, 3.8) is 0 Å². The van der Waals surface area contributed by atoms with Crippen molar-refractivity contribution in [2.75, 3.05) is 0 Å². The van der Waals surface area contributed by atoms with E-state index >= 15 is 0 Å². The summed E-state index contributed by atoms with van der Waals surface area (Å²) in [7, 11) is 0. The van der Waals surface area contributed by atoms with Crippen LogP contribution >= 0.6 is 0 Å². The quantitative estimate of drug-likeness (QED) is 0.404. The van der Waals surface area contributed by atoms with Gasteiger partial charge in [0.1, 0.15) is 0 Å². The molecule has 2 rings (SSSR count). The Hall–Kier alpha value is -2.94. The zero-order valence-corrected chi connectivity index (χ0v) is 18.0. The van der Waals surface area contributed by atoms with Crippen molar-refractivity contribution in [1.29, 1.82) is 0 Å². The SMILES string of the molecule is C=C1C=C(/C(=C/C)c2cc(C(/C=C\CC)=C(C)C)cnc2C)C=CN1/N=C\C. The molecule has 0 saturated carbocycles. The summed E-state index contributed by atoms with van der Waals surface area (Å²) >= 11 is 0. The standard InChI is InChI=1S/C25H31N3/c1-8-11-12-24(18(4)5)22-16-25(20(7)26-17-22)23(9-2)21-13-14-28(27-10-3)19(6)15-21/h9-17H,6,8H2,1-5,7H3/b12-11-,23-9-,27-10-. The molecule has 1 aromatic rings. The Morgan fingerprint density at radius 3 is 2.61 bits per heavy atom. The maximum atomic E-state index is 4.70. The predicted molar refractivity (Wildman–Crippen MR) is 123 cm³/mol. The number of aromatic nitrogens is 1. The van der Waals surface area contributed by atoms with Crippen LogP contribution in [0.1, 0.15) is 57.9 Å². The molecule has 0 atom stereocenters. The molecule has 28 heavy (non-hydrogen) atoms. The lowest BCUT2D eigenvalue weighted by atomic mass is 9.91. The highest BCUT2D eigenvalue weighted by Gasteiger charge is 2.15. The molecule has 0 amide bonds. The molecule has 2 heterocycles. The van der Waals surface area contributed by atoms with E-state index < -0.39 is 0 Å². The van der Waals surface area contributed by atoms with Gasteiger partial charge >= 0.3 is 0 Å². The molecule has 3 heteroatoms. The van der Waals surface area contributed by atoms with Gasteiger partial charge in [-0.1, -0.05) is 37.3 Å². The van der Waals surface area contributed by atoms with Gasteiger partial charge in [-0.25, -0.2) is 5.01 Å². The van der Waals surface area contributed by atoms with Crippen LogP contribution < -0.4 is 0 Å². The van der Waals surface area contributed by atoms with E-state index in [2.05, 4.69) is 82.7 Å². The van der Waals surface area contributed by atoms with Crippen LogP contribution in [-0.4, -0.2) is 16.2 Å². The highest BCUT2D eigenvalue weighted by Crippen LogP contribution is 2.32. The van der Waals surface area contributed by atoms with Crippen molar-refractivity contribution in [3.05, 3.63) is 89.1 Å². The number of nitrogens with zero attached hydrogens (tertiary/aromatic N) is 3. The van der Waals surface area contributed by atoms with Crippen LogP contribution in [0.25, 0.3) is 11.1 Å². The van der Waals surface area contributed by atoms with Gasteiger partial charge in [0.05, 0.1) is 5.70 Å². The number of pyridine rings is 1. The number of hydrogen-bond acceptors (Lipinski definition) is 3. The van der Waals surface area contributed by atoms with Crippen LogP contribution in [0, 0.1) is 6.92 Å². The van der Waals surface area contributed by atoms with Crippen molar-refractivity contribution in [3.8, 4) is 0 Å². The molecule has 0 unspecified atom stereocenters. The van der Waals surface area contributed by atoms with Crippen molar-refractivity contribution in [1.82, 2.24) is 9.99 Å². The maximum Gasteiger partial charge on any atom is 0.0579 e. The van der Waals surface area contributed by atoms with E-state index in [4.69, 9.17) is 4.98 Å². The monoisotopic (exact) mass is 373 g/mol. The Labute approximate surface area is 169 Å². The van der Waals surface area contributed by atoms with E-state index in [9.17, 15) is 0 Å². The number of hydrogen-bond donors (Lipinski definition) is 0. The fourth-order valence-electron chi connectivity index (χ4n) is 3.16. The molecular formula is C25H31N3. The molecule has 0 N–H and O–H groups in total. The Morgan fingerprint density at radius 1 is 1.29 bits per heavy atom. The molecule has 0 saturated heterocycles. The number of hydrazone groups is 1. The fourth-order valence-corrected chi connectivity index (χ4v) is 3.16. The first-order chi connectivity index (χ1) is 13.4. The highest BCUT2D eigenvalue weighted by atomic mass is 15.4. The molecule has 0 aliphatic carbocycles. The lowest BCUT2D eigenvalue weighted by molar-refractivity contribution is 0.514. The smallest absolute Gasteiger partial charge is 0.0579 e. The summed E-state index contributed by atoms with van der Waals surface area (Å²) in [6.45, 7) is 16.6. The Bertz CT molecular complexity index is 917. The zero-order valence-electron chi connectivity index (χ0n) is 18.0. The summed E-state index contributed by atoms with van der Waals surface area (Å²) in [6, 6.07) is 2.24. The van der Waals surface area contributed by atoms with E-state index in [1.807, 2.05) is 19.3 Å². The summed E-state index contributed by atoms with van der Waals surface area (Å²) in [6.07, 6.45) is 17.3. The van der Waals surface area contributed by atoms with Gasteiger partial charge in [0.25, 0.3) is 0 Å². The summed E-state index contributed by atoms with van der Waals surface area (Å²) in [5.41, 5.74) is 8.90. The minimum Gasteiger partial charge on any atom is -0.260 e. The Balaban J connectivity index is 2.51. The molecule has 0 spiro atoms. The van der Waals surface area contributed by atoms with Crippen molar-refractivity contribution >= 4 is 17.4 Å². The molecule has 3 nitrogen and oxygen atoms in total. The first kappa shape index (κ1) is 21.4. The third-order valence-corrected chi connectivity index (χ3v) is 4.60. The van der Waals surface area contributed by atoms with Gasteiger partial charge in [-0.05, 0) is 76.0 Å². The van der Waals surface area contributed by atoms with Crippen LogP contribution in [0.4, 0.5) is 0 Å². The van der Waals surface area contributed by atoms with Gasteiger partial charge in [0, 0.05) is 35.4 Å². The first-order valence-electron chi connectivity index (χ1n) is 9.77. The van der Waals surface area contributed by atoms with Gasteiger partial charge in [0.15, 0.2) is 0 Å².